The van der Waals surface area contributed by atoms with E-state index in [1.54, 1.807) is 0 Å². The van der Waals surface area contributed by atoms with Crippen LogP contribution in [0.1, 0.15) is 39.0 Å². The summed E-state index contributed by atoms with van der Waals surface area (Å²) >= 11 is 0. The summed E-state index contributed by atoms with van der Waals surface area (Å²) in [5, 5.41) is 0. The van der Waals surface area contributed by atoms with E-state index < -0.39 is 6.04 Å². The quantitative estimate of drug-likeness (QED) is 0.415. The van der Waals surface area contributed by atoms with Crippen molar-refractivity contribution in [3.8, 4) is 0 Å². The molecular formula is C7H13FO. The molecule has 0 spiro atoms. The van der Waals surface area contributed by atoms with E-state index in [2.05, 4.69) is 6.92 Å². The molecule has 54 valence electrons. The monoisotopic (exact) mass is 132 g/mol. The van der Waals surface area contributed by atoms with Crippen LogP contribution in [0.5, 0.6) is 0 Å². The Labute approximate surface area is 55.3 Å². The predicted octanol–water partition coefficient (Wildman–Crippen LogP) is 2.45. The highest BCUT2D eigenvalue weighted by Gasteiger charge is 1.95. The number of unbranched alkanes of at least 4 members (excludes halogenated alkanes) is 3. The Balaban J connectivity index is 2.83. The highest BCUT2D eigenvalue weighted by molar-refractivity contribution is 5.67. The second-order valence-corrected chi connectivity index (χ2v) is 2.17. The molecule has 0 aromatic heterocycles. The van der Waals surface area contributed by atoms with Crippen LogP contribution in [0.4, 0.5) is 4.39 Å². The lowest BCUT2D eigenvalue weighted by Gasteiger charge is -1.91. The molecule has 0 bridgehead atoms. The third kappa shape index (κ3) is 7.60. The van der Waals surface area contributed by atoms with Crippen LogP contribution in [0, 0.1) is 0 Å². The first kappa shape index (κ1) is 8.60. The van der Waals surface area contributed by atoms with Gasteiger partial charge in [-0.1, -0.05) is 26.2 Å². The van der Waals surface area contributed by atoms with Gasteiger partial charge in [-0.05, 0) is 6.42 Å². The minimum atomic E-state index is -1.17. The number of carbonyl (C=O) groups excluding carboxylic acids is 1. The number of rotatable bonds is 5. The fourth-order valence-corrected chi connectivity index (χ4v) is 0.691. The van der Waals surface area contributed by atoms with Crippen LogP contribution in [-0.2, 0) is 4.79 Å². The van der Waals surface area contributed by atoms with Gasteiger partial charge < -0.3 is 0 Å². The molecule has 0 aromatic carbocycles. The van der Waals surface area contributed by atoms with E-state index in [9.17, 15) is 9.18 Å². The Hall–Kier alpha value is -0.400. The van der Waals surface area contributed by atoms with E-state index in [0.29, 0.717) is 6.42 Å². The fourth-order valence-electron chi connectivity index (χ4n) is 0.691. The topological polar surface area (TPSA) is 17.1 Å². The van der Waals surface area contributed by atoms with Gasteiger partial charge in [-0.3, -0.25) is 4.79 Å². The number of hydrogen-bond acceptors (Lipinski definition) is 1. The maximum Gasteiger partial charge on any atom is 0.301 e. The van der Waals surface area contributed by atoms with Gasteiger partial charge in [-0.15, -0.1) is 0 Å². The van der Waals surface area contributed by atoms with Crippen LogP contribution in [0.15, 0.2) is 0 Å². The smallest absolute Gasteiger partial charge is 0.261 e. The molecular weight excluding hydrogens is 119 g/mol. The Morgan fingerprint density at radius 2 is 2.00 bits per heavy atom. The van der Waals surface area contributed by atoms with Crippen molar-refractivity contribution >= 4 is 6.04 Å². The van der Waals surface area contributed by atoms with Crippen molar-refractivity contribution in [2.75, 3.05) is 0 Å². The fraction of sp³-hybridized carbons (Fsp3) is 0.857. The summed E-state index contributed by atoms with van der Waals surface area (Å²) in [5.74, 6) is 0. The zero-order valence-electron chi connectivity index (χ0n) is 5.82. The van der Waals surface area contributed by atoms with Gasteiger partial charge in [0, 0.05) is 6.42 Å². The zero-order valence-corrected chi connectivity index (χ0v) is 5.82. The summed E-state index contributed by atoms with van der Waals surface area (Å²) in [6.07, 6.45) is 4.03. The molecule has 0 saturated carbocycles. The molecule has 9 heavy (non-hydrogen) atoms. The second kappa shape index (κ2) is 5.73. The molecule has 0 radical (unpaired) electrons. The summed E-state index contributed by atoms with van der Waals surface area (Å²) in [5.41, 5.74) is 0. The highest BCUT2D eigenvalue weighted by atomic mass is 19.1. The third-order valence-corrected chi connectivity index (χ3v) is 1.23. The molecule has 0 atom stereocenters. The van der Waals surface area contributed by atoms with E-state index in [0.717, 1.165) is 19.3 Å². The summed E-state index contributed by atoms with van der Waals surface area (Å²) < 4.78 is 11.5. The molecule has 1 nitrogen and oxygen atoms in total. The van der Waals surface area contributed by atoms with Crippen LogP contribution in [-0.4, -0.2) is 6.04 Å². The zero-order chi connectivity index (χ0) is 7.11. The van der Waals surface area contributed by atoms with Gasteiger partial charge in [0.15, 0.2) is 0 Å². The van der Waals surface area contributed by atoms with Crippen molar-refractivity contribution in [3.05, 3.63) is 0 Å². The molecule has 0 rings (SSSR count). The first-order valence-corrected chi connectivity index (χ1v) is 3.45. The summed E-state index contributed by atoms with van der Waals surface area (Å²) in [7, 11) is 0. The minimum Gasteiger partial charge on any atom is -0.261 e. The lowest BCUT2D eigenvalue weighted by Crippen LogP contribution is -1.86. The van der Waals surface area contributed by atoms with Gasteiger partial charge >= 0.3 is 6.04 Å². The summed E-state index contributed by atoms with van der Waals surface area (Å²) in [6, 6.07) is -1.17. The highest BCUT2D eigenvalue weighted by Crippen LogP contribution is 2.02. The van der Waals surface area contributed by atoms with Gasteiger partial charge in [0.2, 0.25) is 0 Å². The van der Waals surface area contributed by atoms with Crippen molar-refractivity contribution in [2.45, 2.75) is 39.0 Å². The average Bonchev–Trinajstić information content (AvgIpc) is 1.80. The largest absolute Gasteiger partial charge is 0.301 e. The maximum absolute atomic E-state index is 11.5. The van der Waals surface area contributed by atoms with Crippen LogP contribution < -0.4 is 0 Å². The van der Waals surface area contributed by atoms with Crippen molar-refractivity contribution < 1.29 is 9.18 Å². The molecule has 0 heterocycles. The molecule has 0 unspecified atom stereocenters. The summed E-state index contributed by atoms with van der Waals surface area (Å²) in [6.45, 7) is 2.08. The van der Waals surface area contributed by atoms with Crippen LogP contribution in [0.2, 0.25) is 0 Å². The van der Waals surface area contributed by atoms with Gasteiger partial charge in [0.25, 0.3) is 0 Å². The average molecular weight is 132 g/mol. The van der Waals surface area contributed by atoms with Crippen molar-refractivity contribution in [1.29, 1.82) is 0 Å². The van der Waals surface area contributed by atoms with Crippen LogP contribution in [0.3, 0.4) is 0 Å². The van der Waals surface area contributed by atoms with E-state index in [1.807, 2.05) is 0 Å². The van der Waals surface area contributed by atoms with Gasteiger partial charge in [0.1, 0.15) is 0 Å². The Kier molecular flexibility index (Phi) is 5.48. The van der Waals surface area contributed by atoms with Crippen molar-refractivity contribution in [1.82, 2.24) is 0 Å². The first-order chi connectivity index (χ1) is 4.27. The van der Waals surface area contributed by atoms with Crippen molar-refractivity contribution in [3.63, 3.8) is 0 Å². The molecule has 0 aliphatic rings. The molecule has 0 amide bonds. The minimum absolute atomic E-state index is 0.111. The molecule has 0 fully saturated rings. The number of carbonyl (C=O) groups is 1. The van der Waals surface area contributed by atoms with E-state index in [1.165, 1.54) is 0 Å². The summed E-state index contributed by atoms with van der Waals surface area (Å²) in [4.78, 5) is 9.74. The maximum atomic E-state index is 11.5. The Bertz CT molecular complexity index is 81.0. The SMILES string of the molecule is CCCCCCC(=O)F. The van der Waals surface area contributed by atoms with Crippen LogP contribution >= 0.6 is 0 Å². The van der Waals surface area contributed by atoms with Gasteiger partial charge in [-0.25, -0.2) is 0 Å². The van der Waals surface area contributed by atoms with E-state index >= 15 is 0 Å². The number of halogens is 1. The standard InChI is InChI=1S/C7H13FO/c1-2-3-4-5-6-7(8)9/h2-6H2,1H3. The molecule has 0 aromatic rings. The lowest BCUT2D eigenvalue weighted by molar-refractivity contribution is -0.129. The van der Waals surface area contributed by atoms with E-state index in [4.69, 9.17) is 0 Å². The van der Waals surface area contributed by atoms with Crippen LogP contribution in [0.25, 0.3) is 0 Å². The predicted molar refractivity (Wildman–Crippen MR) is 34.9 cm³/mol. The number of hydrogen-bond donors (Lipinski definition) is 0. The van der Waals surface area contributed by atoms with E-state index in [-0.39, 0.29) is 6.42 Å². The van der Waals surface area contributed by atoms with Gasteiger partial charge in [0.05, 0.1) is 0 Å². The van der Waals surface area contributed by atoms with Gasteiger partial charge in [-0.2, -0.15) is 4.39 Å². The normalized spacial score (nSPS) is 9.56. The molecule has 0 aliphatic carbocycles. The molecule has 0 saturated heterocycles. The molecule has 0 N–H and O–H groups in total. The Morgan fingerprint density at radius 1 is 1.33 bits per heavy atom. The lowest BCUT2D eigenvalue weighted by atomic mass is 10.2. The molecule has 0 aliphatic heterocycles. The third-order valence-electron chi connectivity index (χ3n) is 1.23. The van der Waals surface area contributed by atoms with Crippen molar-refractivity contribution in [2.24, 2.45) is 0 Å². The first-order valence-electron chi connectivity index (χ1n) is 3.45. The second-order valence-electron chi connectivity index (χ2n) is 2.17. The Morgan fingerprint density at radius 3 is 2.44 bits per heavy atom. The molecule has 2 heteroatoms.